The summed E-state index contributed by atoms with van der Waals surface area (Å²) >= 11 is 0. The van der Waals surface area contributed by atoms with Crippen LogP contribution in [0.4, 0.5) is 8.78 Å². The third-order valence-electron chi connectivity index (χ3n) is 2.01. The molecule has 0 spiro atoms. The first kappa shape index (κ1) is 9.40. The van der Waals surface area contributed by atoms with Crippen molar-refractivity contribution in [3.8, 4) is 6.07 Å². The first-order chi connectivity index (χ1) is 5.64. The molecular formula is C8H12F2N2. The molecule has 0 bridgehead atoms. The molecule has 0 saturated carbocycles. The quantitative estimate of drug-likeness (QED) is 0.608. The number of halogens is 2. The van der Waals surface area contributed by atoms with Crippen molar-refractivity contribution in [1.82, 2.24) is 4.90 Å². The van der Waals surface area contributed by atoms with E-state index in [1.54, 1.807) is 4.90 Å². The molecule has 4 heteroatoms. The lowest BCUT2D eigenvalue weighted by Crippen LogP contribution is -2.26. The van der Waals surface area contributed by atoms with Crippen molar-refractivity contribution in [2.45, 2.75) is 25.2 Å². The second-order valence-corrected chi connectivity index (χ2v) is 3.14. The van der Waals surface area contributed by atoms with Gasteiger partial charge in [-0.3, -0.25) is 4.90 Å². The zero-order valence-electron chi connectivity index (χ0n) is 6.89. The average Bonchev–Trinajstić information content (AvgIpc) is 2.31. The van der Waals surface area contributed by atoms with Crippen molar-refractivity contribution in [2.24, 2.45) is 0 Å². The third-order valence-corrected chi connectivity index (χ3v) is 2.01. The fourth-order valence-corrected chi connectivity index (χ4v) is 1.38. The highest BCUT2D eigenvalue weighted by Gasteiger charge is 2.37. The number of alkyl halides is 2. The van der Waals surface area contributed by atoms with E-state index in [-0.39, 0.29) is 13.0 Å². The molecule has 1 aliphatic heterocycles. The van der Waals surface area contributed by atoms with Crippen molar-refractivity contribution in [2.75, 3.05) is 19.6 Å². The molecule has 0 aliphatic carbocycles. The highest BCUT2D eigenvalue weighted by molar-refractivity contribution is 4.82. The van der Waals surface area contributed by atoms with E-state index in [0.717, 1.165) is 0 Å². The summed E-state index contributed by atoms with van der Waals surface area (Å²) in [6, 6.07) is 2.00. The average molecular weight is 174 g/mol. The summed E-state index contributed by atoms with van der Waals surface area (Å²) in [5.41, 5.74) is 0. The first-order valence-corrected chi connectivity index (χ1v) is 4.11. The Morgan fingerprint density at radius 2 is 2.25 bits per heavy atom. The van der Waals surface area contributed by atoms with Crippen LogP contribution < -0.4 is 0 Å². The predicted molar refractivity (Wildman–Crippen MR) is 40.9 cm³/mol. The van der Waals surface area contributed by atoms with Gasteiger partial charge >= 0.3 is 0 Å². The molecule has 0 N–H and O–H groups in total. The minimum atomic E-state index is -2.49. The van der Waals surface area contributed by atoms with Crippen molar-refractivity contribution < 1.29 is 8.78 Å². The van der Waals surface area contributed by atoms with E-state index >= 15 is 0 Å². The molecule has 1 saturated heterocycles. The van der Waals surface area contributed by atoms with Gasteiger partial charge in [-0.15, -0.1) is 0 Å². The van der Waals surface area contributed by atoms with Crippen LogP contribution in [0.1, 0.15) is 19.3 Å². The Labute approximate surface area is 70.8 Å². The molecule has 12 heavy (non-hydrogen) atoms. The number of hydrogen-bond acceptors (Lipinski definition) is 2. The summed E-state index contributed by atoms with van der Waals surface area (Å²) in [5, 5.41) is 8.23. The highest BCUT2D eigenvalue weighted by atomic mass is 19.3. The molecule has 2 nitrogen and oxygen atoms in total. The topological polar surface area (TPSA) is 27.0 Å². The Kier molecular flexibility index (Phi) is 2.99. The molecule has 0 unspecified atom stereocenters. The number of rotatable bonds is 3. The van der Waals surface area contributed by atoms with Crippen LogP contribution in [-0.4, -0.2) is 30.5 Å². The van der Waals surface area contributed by atoms with Gasteiger partial charge in [-0.1, -0.05) is 0 Å². The van der Waals surface area contributed by atoms with E-state index in [2.05, 4.69) is 0 Å². The maximum absolute atomic E-state index is 12.6. The monoisotopic (exact) mass is 174 g/mol. The summed E-state index contributed by atoms with van der Waals surface area (Å²) in [7, 11) is 0. The highest BCUT2D eigenvalue weighted by Crippen LogP contribution is 2.26. The molecule has 0 aromatic heterocycles. The van der Waals surface area contributed by atoms with Gasteiger partial charge in [-0.25, -0.2) is 8.78 Å². The van der Waals surface area contributed by atoms with Gasteiger partial charge in [0.15, 0.2) is 0 Å². The largest absolute Gasteiger partial charge is 0.297 e. The van der Waals surface area contributed by atoms with Gasteiger partial charge < -0.3 is 0 Å². The molecule has 1 fully saturated rings. The standard InChI is InChI=1S/C8H12F2N2/c9-8(10)3-6-12(7-8)5-2-1-4-11/h1-3,5-7H2. The lowest BCUT2D eigenvalue weighted by molar-refractivity contribution is 0.0122. The Morgan fingerprint density at radius 3 is 2.75 bits per heavy atom. The zero-order valence-corrected chi connectivity index (χ0v) is 6.89. The van der Waals surface area contributed by atoms with E-state index in [9.17, 15) is 8.78 Å². The van der Waals surface area contributed by atoms with Gasteiger partial charge in [0.1, 0.15) is 0 Å². The van der Waals surface area contributed by atoms with Crippen molar-refractivity contribution in [1.29, 1.82) is 5.26 Å². The van der Waals surface area contributed by atoms with Gasteiger partial charge in [0, 0.05) is 19.4 Å². The van der Waals surface area contributed by atoms with Crippen molar-refractivity contribution >= 4 is 0 Å². The minimum absolute atomic E-state index is 0.0282. The summed E-state index contributed by atoms with van der Waals surface area (Å²) in [6.07, 6.45) is 1.13. The fraction of sp³-hybridized carbons (Fsp3) is 0.875. The van der Waals surface area contributed by atoms with Crippen LogP contribution in [0.25, 0.3) is 0 Å². The van der Waals surface area contributed by atoms with Crippen molar-refractivity contribution in [3.63, 3.8) is 0 Å². The van der Waals surface area contributed by atoms with Crippen LogP contribution in [0.2, 0.25) is 0 Å². The molecule has 1 rings (SSSR count). The number of hydrogen-bond donors (Lipinski definition) is 0. The fourth-order valence-electron chi connectivity index (χ4n) is 1.38. The van der Waals surface area contributed by atoms with Crippen molar-refractivity contribution in [3.05, 3.63) is 0 Å². The van der Waals surface area contributed by atoms with Gasteiger partial charge in [0.05, 0.1) is 12.6 Å². The van der Waals surface area contributed by atoms with Crippen LogP contribution in [-0.2, 0) is 0 Å². The molecule has 1 heterocycles. The van der Waals surface area contributed by atoms with E-state index < -0.39 is 5.92 Å². The lowest BCUT2D eigenvalue weighted by Gasteiger charge is -2.13. The van der Waals surface area contributed by atoms with E-state index in [0.29, 0.717) is 25.9 Å². The summed E-state index contributed by atoms with van der Waals surface area (Å²) in [6.45, 7) is 0.972. The molecule has 0 radical (unpaired) electrons. The molecular weight excluding hydrogens is 162 g/mol. The lowest BCUT2D eigenvalue weighted by atomic mass is 10.3. The van der Waals surface area contributed by atoms with Gasteiger partial charge in [-0.2, -0.15) is 5.26 Å². The summed E-state index contributed by atoms with van der Waals surface area (Å²) < 4.78 is 25.2. The Balaban J connectivity index is 2.16. The number of unbranched alkanes of at least 4 members (excludes halogenated alkanes) is 1. The van der Waals surface area contributed by atoms with Gasteiger partial charge in [0.2, 0.25) is 0 Å². The number of nitriles is 1. The van der Waals surface area contributed by atoms with Crippen LogP contribution in [0.5, 0.6) is 0 Å². The van der Waals surface area contributed by atoms with E-state index in [4.69, 9.17) is 5.26 Å². The Morgan fingerprint density at radius 1 is 1.50 bits per heavy atom. The van der Waals surface area contributed by atoms with Gasteiger partial charge in [-0.05, 0) is 13.0 Å². The molecule has 1 aliphatic rings. The molecule has 0 atom stereocenters. The van der Waals surface area contributed by atoms with Crippen LogP contribution in [0.3, 0.4) is 0 Å². The maximum Gasteiger partial charge on any atom is 0.261 e. The van der Waals surface area contributed by atoms with Crippen LogP contribution in [0.15, 0.2) is 0 Å². The molecule has 0 aromatic carbocycles. The third kappa shape index (κ3) is 2.74. The Hall–Kier alpha value is -0.690. The van der Waals surface area contributed by atoms with Crippen LogP contribution in [0, 0.1) is 11.3 Å². The van der Waals surface area contributed by atoms with Gasteiger partial charge in [0.25, 0.3) is 5.92 Å². The molecule has 68 valence electrons. The smallest absolute Gasteiger partial charge is 0.261 e. The normalized spacial score (nSPS) is 22.4. The number of nitrogens with zero attached hydrogens (tertiary/aromatic N) is 2. The molecule has 0 amide bonds. The number of likely N-dealkylation sites (tertiary alicyclic amines) is 1. The molecule has 0 aromatic rings. The van der Waals surface area contributed by atoms with Crippen LogP contribution >= 0.6 is 0 Å². The van der Waals surface area contributed by atoms with E-state index in [1.807, 2.05) is 6.07 Å². The second-order valence-electron chi connectivity index (χ2n) is 3.14. The maximum atomic E-state index is 12.6. The summed E-state index contributed by atoms with van der Waals surface area (Å²) in [4.78, 5) is 1.72. The SMILES string of the molecule is N#CCCCN1CCC(F)(F)C1. The zero-order chi connectivity index (χ0) is 9.03. The minimum Gasteiger partial charge on any atom is -0.297 e. The second kappa shape index (κ2) is 3.81. The predicted octanol–water partition coefficient (Wildman–Crippen LogP) is 1.63. The van der Waals surface area contributed by atoms with E-state index in [1.165, 1.54) is 0 Å². The summed E-state index contributed by atoms with van der Waals surface area (Å²) in [5.74, 6) is -2.49. The Bertz CT molecular complexity index is 186. The first-order valence-electron chi connectivity index (χ1n) is 4.11.